The van der Waals surface area contributed by atoms with E-state index in [0.29, 0.717) is 5.56 Å². The van der Waals surface area contributed by atoms with E-state index in [1.807, 2.05) is 0 Å². The maximum atomic E-state index is 13.9. The minimum absolute atomic E-state index is 0.0112. The number of ether oxygens (including phenoxy) is 1. The highest BCUT2D eigenvalue weighted by Gasteiger charge is 2.50. The van der Waals surface area contributed by atoms with Crippen LogP contribution in [0.15, 0.2) is 48.5 Å². The van der Waals surface area contributed by atoms with E-state index >= 15 is 0 Å². The van der Waals surface area contributed by atoms with Gasteiger partial charge in [-0.3, -0.25) is 4.79 Å². The van der Waals surface area contributed by atoms with Gasteiger partial charge in [0.2, 0.25) is 5.91 Å². The van der Waals surface area contributed by atoms with Crippen molar-refractivity contribution in [1.29, 1.82) is 0 Å². The summed E-state index contributed by atoms with van der Waals surface area (Å²) in [5.74, 6) is -4.79. The van der Waals surface area contributed by atoms with Gasteiger partial charge in [0.25, 0.3) is 0 Å². The van der Waals surface area contributed by atoms with E-state index in [9.17, 15) is 22.8 Å². The van der Waals surface area contributed by atoms with Crippen LogP contribution in [-0.2, 0) is 20.7 Å². The van der Waals surface area contributed by atoms with Gasteiger partial charge in [0.1, 0.15) is 6.04 Å². The average molecular weight is 462 g/mol. The van der Waals surface area contributed by atoms with E-state index in [1.54, 1.807) is 37.3 Å². The molecule has 0 bridgehead atoms. The summed E-state index contributed by atoms with van der Waals surface area (Å²) in [4.78, 5) is 26.3. The number of carbonyl (C=O) groups excluding carboxylic acids is 2. The van der Waals surface area contributed by atoms with Crippen molar-refractivity contribution < 1.29 is 27.5 Å². The standard InChI is InChI=1S/C21H20Cl2F3NO3/c1-3-30-20(29)16(12-13-8-5-4-6-9-13)27(2)19(28)18(21(24,25)26)17-14(22)10-7-11-15(17)23/h4-11,16,18H,3,12H2,1-2H3. The molecule has 0 spiro atoms. The van der Waals surface area contributed by atoms with E-state index in [-0.39, 0.29) is 23.1 Å². The fourth-order valence-electron chi connectivity index (χ4n) is 3.03. The number of rotatable bonds is 7. The van der Waals surface area contributed by atoms with Gasteiger partial charge in [0, 0.05) is 29.1 Å². The molecule has 2 aromatic carbocycles. The first kappa shape index (κ1) is 24.0. The Balaban J connectivity index is 2.46. The third kappa shape index (κ3) is 5.67. The first-order chi connectivity index (χ1) is 14.1. The number of esters is 1. The van der Waals surface area contributed by atoms with Crippen LogP contribution in [0.5, 0.6) is 0 Å². The average Bonchev–Trinajstić information content (AvgIpc) is 2.68. The first-order valence-corrected chi connectivity index (χ1v) is 9.81. The van der Waals surface area contributed by atoms with Gasteiger partial charge in [-0.25, -0.2) is 4.79 Å². The van der Waals surface area contributed by atoms with E-state index in [2.05, 4.69) is 0 Å². The molecular formula is C21H20Cl2F3NO3. The van der Waals surface area contributed by atoms with Gasteiger partial charge in [-0.15, -0.1) is 0 Å². The van der Waals surface area contributed by atoms with Crippen LogP contribution in [0.1, 0.15) is 24.0 Å². The van der Waals surface area contributed by atoms with Crippen molar-refractivity contribution in [3.8, 4) is 0 Å². The molecule has 1 amide bonds. The number of likely N-dealkylation sites (N-methyl/N-ethyl adjacent to an activating group) is 1. The number of nitrogens with zero attached hydrogens (tertiary/aromatic N) is 1. The summed E-state index contributed by atoms with van der Waals surface area (Å²) in [6.45, 7) is 1.59. The third-order valence-electron chi connectivity index (χ3n) is 4.51. The summed E-state index contributed by atoms with van der Waals surface area (Å²) in [5.41, 5.74) is 0.113. The smallest absolute Gasteiger partial charge is 0.404 e. The van der Waals surface area contributed by atoms with Crippen molar-refractivity contribution >= 4 is 35.1 Å². The highest BCUT2D eigenvalue weighted by Crippen LogP contribution is 2.42. The summed E-state index contributed by atoms with van der Waals surface area (Å²) in [7, 11) is 1.14. The normalized spacial score (nSPS) is 13.4. The summed E-state index contributed by atoms with van der Waals surface area (Å²) in [6, 6.07) is 11.2. The van der Waals surface area contributed by atoms with Crippen molar-refractivity contribution in [2.45, 2.75) is 31.5 Å². The Morgan fingerprint density at radius 1 is 1.03 bits per heavy atom. The fraction of sp³-hybridized carbons (Fsp3) is 0.333. The summed E-state index contributed by atoms with van der Waals surface area (Å²) < 4.78 is 46.8. The van der Waals surface area contributed by atoms with Crippen molar-refractivity contribution in [1.82, 2.24) is 4.90 Å². The Hall–Kier alpha value is -2.25. The van der Waals surface area contributed by atoms with Crippen molar-refractivity contribution in [2.24, 2.45) is 0 Å². The maximum Gasteiger partial charge on any atom is 0.404 e. The molecule has 0 aromatic heterocycles. The quantitative estimate of drug-likeness (QED) is 0.527. The zero-order valence-electron chi connectivity index (χ0n) is 16.2. The van der Waals surface area contributed by atoms with Crippen LogP contribution in [0, 0.1) is 0 Å². The molecule has 0 saturated heterocycles. The van der Waals surface area contributed by atoms with E-state index in [1.165, 1.54) is 18.2 Å². The van der Waals surface area contributed by atoms with Crippen molar-refractivity contribution in [2.75, 3.05) is 13.7 Å². The predicted molar refractivity (Wildman–Crippen MR) is 109 cm³/mol. The van der Waals surface area contributed by atoms with Gasteiger partial charge in [0.15, 0.2) is 5.92 Å². The lowest BCUT2D eigenvalue weighted by Gasteiger charge is -2.31. The Labute approximate surface area is 182 Å². The number of amides is 1. The zero-order valence-corrected chi connectivity index (χ0v) is 17.8. The van der Waals surface area contributed by atoms with Crippen LogP contribution >= 0.6 is 23.2 Å². The molecule has 0 aliphatic carbocycles. The van der Waals surface area contributed by atoms with Gasteiger partial charge in [0.05, 0.1) is 6.61 Å². The van der Waals surface area contributed by atoms with Gasteiger partial charge < -0.3 is 9.64 Å². The molecule has 0 aliphatic heterocycles. The van der Waals surface area contributed by atoms with Gasteiger partial charge in [-0.2, -0.15) is 13.2 Å². The topological polar surface area (TPSA) is 46.6 Å². The number of halogens is 5. The minimum atomic E-state index is -4.98. The van der Waals surface area contributed by atoms with Gasteiger partial charge >= 0.3 is 12.1 Å². The summed E-state index contributed by atoms with van der Waals surface area (Å²) >= 11 is 11.9. The largest absolute Gasteiger partial charge is 0.464 e. The Morgan fingerprint density at radius 3 is 2.10 bits per heavy atom. The van der Waals surface area contributed by atoms with Gasteiger partial charge in [-0.05, 0) is 24.6 Å². The summed E-state index contributed by atoms with van der Waals surface area (Å²) in [5, 5.41) is -0.579. The van der Waals surface area contributed by atoms with E-state index in [4.69, 9.17) is 27.9 Å². The van der Waals surface area contributed by atoms with Crippen LogP contribution in [0.3, 0.4) is 0 Å². The molecule has 2 unspecified atom stereocenters. The molecule has 2 rings (SSSR count). The molecule has 2 atom stereocenters. The molecule has 162 valence electrons. The second kappa shape index (κ2) is 10.2. The maximum absolute atomic E-state index is 13.9. The molecule has 0 radical (unpaired) electrons. The van der Waals surface area contributed by atoms with E-state index < -0.39 is 35.6 Å². The lowest BCUT2D eigenvalue weighted by molar-refractivity contribution is -0.175. The Bertz CT molecular complexity index is 871. The molecule has 2 aromatic rings. The zero-order chi connectivity index (χ0) is 22.5. The van der Waals surface area contributed by atoms with Crippen LogP contribution < -0.4 is 0 Å². The summed E-state index contributed by atoms with van der Waals surface area (Å²) in [6.07, 6.45) is -4.99. The molecular weight excluding hydrogens is 442 g/mol. The van der Waals surface area contributed by atoms with Crippen molar-refractivity contribution in [3.63, 3.8) is 0 Å². The second-order valence-corrected chi connectivity index (χ2v) is 7.33. The van der Waals surface area contributed by atoms with E-state index in [0.717, 1.165) is 11.9 Å². The second-order valence-electron chi connectivity index (χ2n) is 6.52. The number of alkyl halides is 3. The molecule has 0 aliphatic rings. The van der Waals surface area contributed by atoms with Crippen LogP contribution in [0.2, 0.25) is 10.0 Å². The highest BCUT2D eigenvalue weighted by molar-refractivity contribution is 6.36. The predicted octanol–water partition coefficient (Wildman–Crippen LogP) is 5.27. The number of hydrogen-bond acceptors (Lipinski definition) is 3. The van der Waals surface area contributed by atoms with Crippen LogP contribution in [0.25, 0.3) is 0 Å². The molecule has 0 heterocycles. The Kier molecular flexibility index (Phi) is 8.15. The SMILES string of the molecule is CCOC(=O)C(Cc1ccccc1)N(C)C(=O)C(c1c(Cl)cccc1Cl)C(F)(F)F. The highest BCUT2D eigenvalue weighted by atomic mass is 35.5. The molecule has 9 heteroatoms. The fourth-order valence-corrected chi connectivity index (χ4v) is 3.64. The lowest BCUT2D eigenvalue weighted by Crippen LogP contribution is -2.49. The molecule has 30 heavy (non-hydrogen) atoms. The number of hydrogen-bond donors (Lipinski definition) is 0. The first-order valence-electron chi connectivity index (χ1n) is 9.05. The van der Waals surface area contributed by atoms with Crippen LogP contribution in [-0.4, -0.2) is 42.6 Å². The van der Waals surface area contributed by atoms with Gasteiger partial charge in [-0.1, -0.05) is 59.6 Å². The molecule has 4 nitrogen and oxygen atoms in total. The molecule has 0 fully saturated rings. The molecule has 0 saturated carbocycles. The number of benzene rings is 2. The molecule has 0 N–H and O–H groups in total. The minimum Gasteiger partial charge on any atom is -0.464 e. The number of carbonyl (C=O) groups is 2. The van der Waals surface area contributed by atoms with Crippen molar-refractivity contribution in [3.05, 3.63) is 69.7 Å². The monoisotopic (exact) mass is 461 g/mol. The lowest BCUT2D eigenvalue weighted by atomic mass is 9.95. The Morgan fingerprint density at radius 2 is 1.60 bits per heavy atom. The van der Waals surface area contributed by atoms with Crippen LogP contribution in [0.4, 0.5) is 13.2 Å². The third-order valence-corrected chi connectivity index (χ3v) is 5.17.